The number of Topliss-reactive ketones (excluding diaryl/α,β-unsaturated/α-hetero) is 1. The number of rotatable bonds is 3. The molecule has 0 radical (unpaired) electrons. The van der Waals surface area contributed by atoms with Gasteiger partial charge in [0.05, 0.1) is 18.2 Å². The molecule has 2 aromatic carbocycles. The minimum absolute atomic E-state index is 0.0707. The van der Waals surface area contributed by atoms with Crippen molar-refractivity contribution in [2.24, 2.45) is 10.9 Å². The maximum absolute atomic E-state index is 13.6. The molecule has 1 N–H and O–H groups in total. The van der Waals surface area contributed by atoms with Gasteiger partial charge in [-0.2, -0.15) is 0 Å². The van der Waals surface area contributed by atoms with Crippen LogP contribution in [0.1, 0.15) is 22.3 Å². The Balaban J connectivity index is 1.42. The maximum atomic E-state index is 13.6. The van der Waals surface area contributed by atoms with E-state index in [1.807, 2.05) is 23.1 Å². The van der Waals surface area contributed by atoms with E-state index in [0.29, 0.717) is 36.3 Å². The highest BCUT2D eigenvalue weighted by atomic mass is 19.1. The summed E-state index contributed by atoms with van der Waals surface area (Å²) in [5.41, 5.74) is 3.25. The van der Waals surface area contributed by atoms with Gasteiger partial charge in [0.25, 0.3) is 0 Å². The fourth-order valence-electron chi connectivity index (χ4n) is 3.61. The first kappa shape index (κ1) is 17.5. The number of para-hydroxylation sites is 1. The van der Waals surface area contributed by atoms with Gasteiger partial charge in [0.1, 0.15) is 5.82 Å². The Morgan fingerprint density at radius 1 is 1.30 bits per heavy atom. The van der Waals surface area contributed by atoms with E-state index in [-0.39, 0.29) is 30.0 Å². The van der Waals surface area contributed by atoms with Crippen molar-refractivity contribution in [3.05, 3.63) is 59.4 Å². The first-order valence-electron chi connectivity index (χ1n) is 9.00. The van der Waals surface area contributed by atoms with Gasteiger partial charge in [-0.3, -0.25) is 19.5 Å². The van der Waals surface area contributed by atoms with E-state index in [1.165, 1.54) is 6.07 Å². The quantitative estimate of drug-likeness (QED) is 0.907. The number of benzene rings is 2. The zero-order valence-corrected chi connectivity index (χ0v) is 15.0. The van der Waals surface area contributed by atoms with Gasteiger partial charge in [-0.25, -0.2) is 4.39 Å². The molecule has 1 amide bonds. The second kappa shape index (κ2) is 7.04. The van der Waals surface area contributed by atoms with E-state index in [0.717, 1.165) is 11.4 Å². The zero-order valence-electron chi connectivity index (χ0n) is 15.0. The van der Waals surface area contributed by atoms with Gasteiger partial charge >= 0.3 is 0 Å². The van der Waals surface area contributed by atoms with Crippen molar-refractivity contribution in [3.8, 4) is 0 Å². The first-order chi connectivity index (χ1) is 13.0. The molecule has 2 heterocycles. The number of carbonyl (C=O) groups excluding carboxylic acids is 2. The SMILES string of the molecule is Cc1ccc(NC(=O)CN2CCC3=Nc4ccccc4C(=O)C3C2)cc1F. The smallest absolute Gasteiger partial charge is 0.238 e. The third kappa shape index (κ3) is 3.53. The van der Waals surface area contributed by atoms with Gasteiger partial charge in [0.15, 0.2) is 5.78 Å². The number of nitrogens with one attached hydrogen (secondary N) is 1. The standard InChI is InChI=1S/C21H20FN3O2/c1-13-6-7-14(10-17(13)22)23-20(26)12-25-9-8-19-16(11-25)21(27)15-4-2-3-5-18(15)24-19/h2-7,10,16H,8-9,11-12H2,1H3,(H,23,26). The van der Waals surface area contributed by atoms with E-state index >= 15 is 0 Å². The van der Waals surface area contributed by atoms with Crippen LogP contribution in [-0.4, -0.2) is 41.9 Å². The van der Waals surface area contributed by atoms with Crippen molar-refractivity contribution in [1.82, 2.24) is 4.90 Å². The van der Waals surface area contributed by atoms with Crippen molar-refractivity contribution in [1.29, 1.82) is 0 Å². The molecule has 0 spiro atoms. The molecule has 0 bridgehead atoms. The Labute approximate surface area is 156 Å². The number of aryl methyl sites for hydroxylation is 1. The molecular formula is C21H20FN3O2. The highest BCUT2D eigenvalue weighted by molar-refractivity contribution is 6.18. The summed E-state index contributed by atoms with van der Waals surface area (Å²) >= 11 is 0. The van der Waals surface area contributed by atoms with Crippen LogP contribution in [0.2, 0.25) is 0 Å². The molecule has 1 fully saturated rings. The highest BCUT2D eigenvalue weighted by Gasteiger charge is 2.36. The zero-order chi connectivity index (χ0) is 19.0. The van der Waals surface area contributed by atoms with Crippen molar-refractivity contribution in [2.75, 3.05) is 25.0 Å². The van der Waals surface area contributed by atoms with E-state index in [9.17, 15) is 14.0 Å². The van der Waals surface area contributed by atoms with E-state index < -0.39 is 0 Å². The Kier molecular flexibility index (Phi) is 4.58. The molecule has 2 aliphatic rings. The lowest BCUT2D eigenvalue weighted by Gasteiger charge is -2.34. The average molecular weight is 365 g/mol. The molecule has 6 heteroatoms. The van der Waals surface area contributed by atoms with Gasteiger partial charge in [0.2, 0.25) is 5.91 Å². The second-order valence-corrected chi connectivity index (χ2v) is 7.03. The predicted octanol–water partition coefficient (Wildman–Crippen LogP) is 3.36. The Hall–Kier alpha value is -2.86. The largest absolute Gasteiger partial charge is 0.325 e. The van der Waals surface area contributed by atoms with Crippen LogP contribution in [0.4, 0.5) is 15.8 Å². The summed E-state index contributed by atoms with van der Waals surface area (Å²) in [5.74, 6) is -0.792. The van der Waals surface area contributed by atoms with Crippen molar-refractivity contribution < 1.29 is 14.0 Å². The summed E-state index contributed by atoms with van der Waals surface area (Å²) in [5, 5.41) is 2.72. The average Bonchev–Trinajstić information content (AvgIpc) is 2.65. The molecule has 1 atom stereocenters. The van der Waals surface area contributed by atoms with Gasteiger partial charge in [-0.05, 0) is 43.2 Å². The van der Waals surface area contributed by atoms with Gasteiger partial charge in [0, 0.05) is 30.1 Å². The molecule has 5 nitrogen and oxygen atoms in total. The third-order valence-corrected chi connectivity index (χ3v) is 5.10. The van der Waals surface area contributed by atoms with Crippen molar-refractivity contribution in [3.63, 3.8) is 0 Å². The summed E-state index contributed by atoms with van der Waals surface area (Å²) in [6, 6.07) is 12.0. The number of carbonyl (C=O) groups is 2. The normalized spacial score (nSPS) is 19.1. The highest BCUT2D eigenvalue weighted by Crippen LogP contribution is 2.31. The number of fused-ring (bicyclic) bond motifs is 2. The fraction of sp³-hybridized carbons (Fsp3) is 0.286. The topological polar surface area (TPSA) is 61.8 Å². The Bertz CT molecular complexity index is 954. The van der Waals surface area contributed by atoms with Crippen LogP contribution in [0.3, 0.4) is 0 Å². The summed E-state index contributed by atoms with van der Waals surface area (Å²) in [6.45, 7) is 2.98. The van der Waals surface area contributed by atoms with Crippen LogP contribution in [-0.2, 0) is 4.79 Å². The molecule has 1 saturated heterocycles. The number of likely N-dealkylation sites (tertiary alicyclic amines) is 1. The fourth-order valence-corrected chi connectivity index (χ4v) is 3.61. The molecule has 2 aliphatic heterocycles. The van der Waals surface area contributed by atoms with Gasteiger partial charge < -0.3 is 5.32 Å². The number of amides is 1. The lowest BCUT2D eigenvalue weighted by Crippen LogP contribution is -2.47. The minimum Gasteiger partial charge on any atom is -0.325 e. The van der Waals surface area contributed by atoms with E-state index in [2.05, 4.69) is 10.3 Å². The summed E-state index contributed by atoms with van der Waals surface area (Å²) in [7, 11) is 0. The number of nitrogens with zero attached hydrogens (tertiary/aromatic N) is 2. The number of ketones is 1. The number of hydrogen-bond donors (Lipinski definition) is 1. The molecule has 0 aliphatic carbocycles. The molecule has 27 heavy (non-hydrogen) atoms. The van der Waals surface area contributed by atoms with Crippen LogP contribution in [0.15, 0.2) is 47.5 Å². The van der Waals surface area contributed by atoms with Gasteiger partial charge in [-0.1, -0.05) is 18.2 Å². The second-order valence-electron chi connectivity index (χ2n) is 7.03. The van der Waals surface area contributed by atoms with E-state index in [4.69, 9.17) is 0 Å². The van der Waals surface area contributed by atoms with E-state index in [1.54, 1.807) is 25.1 Å². The third-order valence-electron chi connectivity index (χ3n) is 5.10. The number of hydrogen-bond acceptors (Lipinski definition) is 4. The van der Waals surface area contributed by atoms with Crippen LogP contribution in [0, 0.1) is 18.7 Å². The predicted molar refractivity (Wildman–Crippen MR) is 102 cm³/mol. The summed E-state index contributed by atoms with van der Waals surface area (Å²) in [6.07, 6.45) is 0.664. The molecule has 4 rings (SSSR count). The summed E-state index contributed by atoms with van der Waals surface area (Å²) < 4.78 is 13.6. The molecule has 2 aromatic rings. The van der Waals surface area contributed by atoms with Crippen molar-refractivity contribution in [2.45, 2.75) is 13.3 Å². The van der Waals surface area contributed by atoms with Crippen LogP contribution >= 0.6 is 0 Å². The van der Waals surface area contributed by atoms with Crippen LogP contribution in [0.5, 0.6) is 0 Å². The number of halogens is 1. The Morgan fingerprint density at radius 3 is 2.93 bits per heavy atom. The number of piperidine rings is 1. The molecule has 0 saturated carbocycles. The monoisotopic (exact) mass is 365 g/mol. The molecule has 1 unspecified atom stereocenters. The maximum Gasteiger partial charge on any atom is 0.238 e. The Morgan fingerprint density at radius 2 is 2.11 bits per heavy atom. The number of aliphatic imine (C=N–C) groups is 1. The molecule has 138 valence electrons. The molecular weight excluding hydrogens is 345 g/mol. The first-order valence-corrected chi connectivity index (χ1v) is 9.00. The minimum atomic E-state index is -0.349. The van der Waals surface area contributed by atoms with Crippen molar-refractivity contribution >= 4 is 28.8 Å². The summed E-state index contributed by atoms with van der Waals surface area (Å²) in [4.78, 5) is 31.7. The van der Waals surface area contributed by atoms with Gasteiger partial charge in [-0.15, -0.1) is 0 Å². The lowest BCUT2D eigenvalue weighted by molar-refractivity contribution is -0.117. The lowest BCUT2D eigenvalue weighted by atomic mass is 9.85. The molecule has 0 aromatic heterocycles. The van der Waals surface area contributed by atoms with Crippen LogP contribution < -0.4 is 5.32 Å². The van der Waals surface area contributed by atoms with Crippen LogP contribution in [0.25, 0.3) is 0 Å². The number of anilines is 1.